The van der Waals surface area contributed by atoms with Gasteiger partial charge in [-0.05, 0) is 11.6 Å². The molecule has 0 bridgehead atoms. The lowest BCUT2D eigenvalue weighted by molar-refractivity contribution is 1.06. The summed E-state index contributed by atoms with van der Waals surface area (Å²) in [6.07, 6.45) is 1.85. The first-order valence-electron chi connectivity index (χ1n) is 3.47. The minimum Gasteiger partial charge on any atom is -0.363 e. The fourth-order valence-corrected chi connectivity index (χ4v) is 0.962. The predicted molar refractivity (Wildman–Crippen MR) is 51.3 cm³/mol. The molecule has 0 amide bonds. The minimum atomic E-state index is 0.751. The van der Waals surface area contributed by atoms with E-state index in [1.54, 1.807) is 0 Å². The average Bonchev–Trinajstić information content (AvgIpc) is 2.05. The highest BCUT2D eigenvalue weighted by atomic mass is 32.1. The van der Waals surface area contributed by atoms with Crippen LogP contribution in [0.3, 0.4) is 0 Å². The highest BCUT2D eigenvalue weighted by Crippen LogP contribution is 2.08. The SMILES string of the molecule is CN(C)c1ccc(CS)cn1. The topological polar surface area (TPSA) is 16.1 Å². The fraction of sp³-hybridized carbons (Fsp3) is 0.375. The molecule has 0 N–H and O–H groups in total. The molecule has 11 heavy (non-hydrogen) atoms. The van der Waals surface area contributed by atoms with E-state index < -0.39 is 0 Å². The molecule has 0 atom stereocenters. The van der Waals surface area contributed by atoms with Gasteiger partial charge in [-0.2, -0.15) is 12.6 Å². The van der Waals surface area contributed by atoms with E-state index in [-0.39, 0.29) is 0 Å². The van der Waals surface area contributed by atoms with Gasteiger partial charge in [0.15, 0.2) is 0 Å². The zero-order valence-electron chi connectivity index (χ0n) is 6.78. The molecule has 0 spiro atoms. The van der Waals surface area contributed by atoms with E-state index in [1.165, 1.54) is 0 Å². The normalized spacial score (nSPS) is 9.73. The molecule has 0 aliphatic carbocycles. The van der Waals surface area contributed by atoms with Crippen molar-refractivity contribution < 1.29 is 0 Å². The van der Waals surface area contributed by atoms with E-state index in [2.05, 4.69) is 17.6 Å². The van der Waals surface area contributed by atoms with Crippen molar-refractivity contribution in [3.05, 3.63) is 23.9 Å². The quantitative estimate of drug-likeness (QED) is 0.675. The van der Waals surface area contributed by atoms with Gasteiger partial charge in [0, 0.05) is 26.0 Å². The summed E-state index contributed by atoms with van der Waals surface area (Å²) in [5.41, 5.74) is 1.15. The standard InChI is InChI=1S/C8H12N2S/c1-10(2)8-4-3-7(6-11)5-9-8/h3-5,11H,6H2,1-2H3. The van der Waals surface area contributed by atoms with Crippen molar-refractivity contribution in [1.29, 1.82) is 0 Å². The van der Waals surface area contributed by atoms with E-state index >= 15 is 0 Å². The van der Waals surface area contributed by atoms with Gasteiger partial charge in [0.1, 0.15) is 5.82 Å². The molecule has 60 valence electrons. The van der Waals surface area contributed by atoms with Crippen LogP contribution in [0.2, 0.25) is 0 Å². The molecule has 1 aromatic rings. The van der Waals surface area contributed by atoms with Crippen LogP contribution in [0.15, 0.2) is 18.3 Å². The zero-order valence-corrected chi connectivity index (χ0v) is 7.68. The summed E-state index contributed by atoms with van der Waals surface area (Å²) < 4.78 is 0. The molecule has 0 fully saturated rings. The van der Waals surface area contributed by atoms with E-state index in [9.17, 15) is 0 Å². The van der Waals surface area contributed by atoms with Gasteiger partial charge in [0.25, 0.3) is 0 Å². The lowest BCUT2D eigenvalue weighted by atomic mass is 10.3. The Balaban J connectivity index is 2.83. The number of aromatic nitrogens is 1. The second-order valence-electron chi connectivity index (χ2n) is 2.58. The Morgan fingerprint density at radius 1 is 1.45 bits per heavy atom. The summed E-state index contributed by atoms with van der Waals surface area (Å²) >= 11 is 4.14. The van der Waals surface area contributed by atoms with E-state index in [0.29, 0.717) is 0 Å². The Hall–Kier alpha value is -0.700. The number of thiol groups is 1. The molecular weight excluding hydrogens is 156 g/mol. The lowest BCUT2D eigenvalue weighted by Gasteiger charge is -2.10. The summed E-state index contributed by atoms with van der Waals surface area (Å²) in [5, 5.41) is 0. The van der Waals surface area contributed by atoms with Crippen molar-refractivity contribution in [3.8, 4) is 0 Å². The first kappa shape index (κ1) is 8.40. The molecule has 1 heterocycles. The van der Waals surface area contributed by atoms with Crippen molar-refractivity contribution >= 4 is 18.4 Å². The van der Waals surface area contributed by atoms with Crippen LogP contribution in [-0.2, 0) is 5.75 Å². The Morgan fingerprint density at radius 3 is 2.55 bits per heavy atom. The third-order valence-corrected chi connectivity index (χ3v) is 1.82. The van der Waals surface area contributed by atoms with Crippen molar-refractivity contribution in [2.75, 3.05) is 19.0 Å². The van der Waals surface area contributed by atoms with Crippen LogP contribution in [-0.4, -0.2) is 19.1 Å². The van der Waals surface area contributed by atoms with Crippen LogP contribution >= 0.6 is 12.6 Å². The molecule has 0 unspecified atom stereocenters. The number of pyridine rings is 1. The van der Waals surface area contributed by atoms with Gasteiger partial charge in [0.2, 0.25) is 0 Å². The summed E-state index contributed by atoms with van der Waals surface area (Å²) in [6.45, 7) is 0. The Bertz CT molecular complexity index is 218. The van der Waals surface area contributed by atoms with Crippen molar-refractivity contribution in [2.24, 2.45) is 0 Å². The third kappa shape index (κ3) is 2.12. The van der Waals surface area contributed by atoms with Crippen molar-refractivity contribution in [2.45, 2.75) is 5.75 Å². The van der Waals surface area contributed by atoms with Gasteiger partial charge in [-0.25, -0.2) is 4.98 Å². The number of anilines is 1. The molecule has 1 aromatic heterocycles. The van der Waals surface area contributed by atoms with Crippen molar-refractivity contribution in [3.63, 3.8) is 0 Å². The highest BCUT2D eigenvalue weighted by Gasteiger charge is 1.94. The Morgan fingerprint density at radius 2 is 2.18 bits per heavy atom. The van der Waals surface area contributed by atoms with Crippen LogP contribution in [0.1, 0.15) is 5.56 Å². The number of rotatable bonds is 2. The predicted octanol–water partition coefficient (Wildman–Crippen LogP) is 1.58. The van der Waals surface area contributed by atoms with Crippen LogP contribution in [0.25, 0.3) is 0 Å². The first-order valence-corrected chi connectivity index (χ1v) is 4.10. The average molecular weight is 168 g/mol. The number of hydrogen-bond acceptors (Lipinski definition) is 3. The Labute approximate surface area is 72.7 Å². The summed E-state index contributed by atoms with van der Waals surface area (Å²) in [7, 11) is 3.95. The van der Waals surface area contributed by atoms with Crippen LogP contribution < -0.4 is 4.90 Å². The third-order valence-electron chi connectivity index (χ3n) is 1.45. The van der Waals surface area contributed by atoms with E-state index in [0.717, 1.165) is 17.1 Å². The highest BCUT2D eigenvalue weighted by molar-refractivity contribution is 7.79. The molecule has 0 aliphatic rings. The molecule has 0 radical (unpaired) electrons. The maximum atomic E-state index is 4.23. The molecular formula is C8H12N2S. The smallest absolute Gasteiger partial charge is 0.127 e. The van der Waals surface area contributed by atoms with Crippen LogP contribution in [0.5, 0.6) is 0 Å². The second kappa shape index (κ2) is 3.62. The van der Waals surface area contributed by atoms with Gasteiger partial charge < -0.3 is 4.90 Å². The van der Waals surface area contributed by atoms with Gasteiger partial charge in [-0.3, -0.25) is 0 Å². The monoisotopic (exact) mass is 168 g/mol. The van der Waals surface area contributed by atoms with Crippen molar-refractivity contribution in [1.82, 2.24) is 4.98 Å². The van der Waals surface area contributed by atoms with Crippen LogP contribution in [0, 0.1) is 0 Å². The summed E-state index contributed by atoms with van der Waals surface area (Å²) in [6, 6.07) is 4.03. The van der Waals surface area contributed by atoms with Gasteiger partial charge in [-0.15, -0.1) is 0 Å². The van der Waals surface area contributed by atoms with Gasteiger partial charge in [-0.1, -0.05) is 6.07 Å². The Kier molecular flexibility index (Phi) is 2.76. The maximum absolute atomic E-state index is 4.23. The first-order chi connectivity index (χ1) is 5.24. The van der Waals surface area contributed by atoms with E-state index in [4.69, 9.17) is 0 Å². The fourth-order valence-electron chi connectivity index (χ4n) is 0.775. The molecule has 2 nitrogen and oxygen atoms in total. The summed E-state index contributed by atoms with van der Waals surface area (Å²) in [5.74, 6) is 1.73. The number of hydrogen-bond donors (Lipinski definition) is 1. The molecule has 0 saturated carbocycles. The molecule has 3 heteroatoms. The lowest BCUT2D eigenvalue weighted by Crippen LogP contribution is -2.10. The molecule has 1 rings (SSSR count). The summed E-state index contributed by atoms with van der Waals surface area (Å²) in [4.78, 5) is 6.20. The maximum Gasteiger partial charge on any atom is 0.127 e. The molecule has 0 saturated heterocycles. The second-order valence-corrected chi connectivity index (χ2v) is 2.89. The molecule has 0 aromatic carbocycles. The molecule has 0 aliphatic heterocycles. The number of nitrogens with zero attached hydrogens (tertiary/aromatic N) is 2. The van der Waals surface area contributed by atoms with E-state index in [1.807, 2.05) is 37.3 Å². The van der Waals surface area contributed by atoms with Crippen LogP contribution in [0.4, 0.5) is 5.82 Å². The van der Waals surface area contributed by atoms with Gasteiger partial charge >= 0.3 is 0 Å². The van der Waals surface area contributed by atoms with Gasteiger partial charge in [0.05, 0.1) is 0 Å². The largest absolute Gasteiger partial charge is 0.363 e. The minimum absolute atomic E-state index is 0.751. The zero-order chi connectivity index (χ0) is 8.27.